The molecule has 1 atom stereocenters. The van der Waals surface area contributed by atoms with E-state index in [1.807, 2.05) is 6.92 Å². The van der Waals surface area contributed by atoms with Crippen molar-refractivity contribution in [3.05, 3.63) is 23.8 Å². The Morgan fingerprint density at radius 2 is 2.31 bits per heavy atom. The van der Waals surface area contributed by atoms with Crippen molar-refractivity contribution in [1.82, 2.24) is 0 Å². The van der Waals surface area contributed by atoms with Crippen LogP contribution in [0.5, 0.6) is 11.5 Å². The van der Waals surface area contributed by atoms with Gasteiger partial charge in [-0.15, -0.1) is 0 Å². The van der Waals surface area contributed by atoms with Crippen LogP contribution in [0.3, 0.4) is 0 Å². The Kier molecular flexibility index (Phi) is 1.82. The molecule has 0 N–H and O–H groups in total. The van der Waals surface area contributed by atoms with Crippen LogP contribution in [0.2, 0.25) is 0 Å². The standard InChI is InChI=1S/C10H9NO2/c1-7-6-12-9-3-2-8(5-11)4-10(9)13-7/h2-4,7H,6H2,1H3. The van der Waals surface area contributed by atoms with Crippen LogP contribution in [0.1, 0.15) is 12.5 Å². The van der Waals surface area contributed by atoms with Crippen molar-refractivity contribution in [2.75, 3.05) is 6.61 Å². The van der Waals surface area contributed by atoms with Crippen LogP contribution in [-0.2, 0) is 0 Å². The van der Waals surface area contributed by atoms with Crippen molar-refractivity contribution < 1.29 is 9.47 Å². The molecule has 2 rings (SSSR count). The van der Waals surface area contributed by atoms with Gasteiger partial charge in [0.05, 0.1) is 11.6 Å². The summed E-state index contributed by atoms with van der Waals surface area (Å²) >= 11 is 0. The van der Waals surface area contributed by atoms with Crippen molar-refractivity contribution in [3.63, 3.8) is 0 Å². The van der Waals surface area contributed by atoms with Gasteiger partial charge in [0, 0.05) is 6.07 Å². The van der Waals surface area contributed by atoms with Gasteiger partial charge in [-0.1, -0.05) is 0 Å². The zero-order valence-corrected chi connectivity index (χ0v) is 7.28. The Balaban J connectivity index is 2.39. The van der Waals surface area contributed by atoms with E-state index in [0.717, 1.165) is 5.75 Å². The van der Waals surface area contributed by atoms with E-state index in [-0.39, 0.29) is 6.10 Å². The summed E-state index contributed by atoms with van der Waals surface area (Å²) in [6.07, 6.45) is 0.0569. The van der Waals surface area contributed by atoms with Crippen LogP contribution in [0, 0.1) is 11.3 Å². The molecule has 0 bridgehead atoms. The molecule has 13 heavy (non-hydrogen) atoms. The van der Waals surface area contributed by atoms with E-state index in [9.17, 15) is 0 Å². The van der Waals surface area contributed by atoms with E-state index in [1.54, 1.807) is 18.2 Å². The third kappa shape index (κ3) is 1.43. The maximum atomic E-state index is 8.66. The predicted molar refractivity (Wildman–Crippen MR) is 46.7 cm³/mol. The molecule has 0 aromatic heterocycles. The third-order valence-electron chi connectivity index (χ3n) is 1.87. The number of benzene rings is 1. The third-order valence-corrected chi connectivity index (χ3v) is 1.87. The lowest BCUT2D eigenvalue weighted by atomic mass is 10.2. The van der Waals surface area contributed by atoms with Gasteiger partial charge in [0.15, 0.2) is 11.5 Å². The first kappa shape index (κ1) is 7.93. The molecule has 0 amide bonds. The lowest BCUT2D eigenvalue weighted by molar-refractivity contribution is 0.104. The second-order valence-corrected chi connectivity index (χ2v) is 3.01. The molecule has 66 valence electrons. The monoisotopic (exact) mass is 175 g/mol. The molecular weight excluding hydrogens is 166 g/mol. The second-order valence-electron chi connectivity index (χ2n) is 3.01. The van der Waals surface area contributed by atoms with Gasteiger partial charge < -0.3 is 9.47 Å². The molecule has 0 fully saturated rings. The molecule has 1 aliphatic heterocycles. The summed E-state index contributed by atoms with van der Waals surface area (Å²) in [6.45, 7) is 2.50. The van der Waals surface area contributed by atoms with E-state index < -0.39 is 0 Å². The number of rotatable bonds is 0. The summed E-state index contributed by atoms with van der Waals surface area (Å²) < 4.78 is 10.9. The second kappa shape index (κ2) is 2.98. The molecule has 3 heteroatoms. The molecule has 0 aliphatic carbocycles. The fourth-order valence-electron chi connectivity index (χ4n) is 1.25. The smallest absolute Gasteiger partial charge is 0.163 e. The Bertz CT molecular complexity index is 368. The van der Waals surface area contributed by atoms with Gasteiger partial charge in [-0.3, -0.25) is 0 Å². The molecule has 1 aromatic carbocycles. The molecule has 1 unspecified atom stereocenters. The Hall–Kier alpha value is -1.69. The predicted octanol–water partition coefficient (Wildman–Crippen LogP) is 1.72. The van der Waals surface area contributed by atoms with Crippen molar-refractivity contribution in [1.29, 1.82) is 5.26 Å². The molecule has 0 radical (unpaired) electrons. The highest BCUT2D eigenvalue weighted by Crippen LogP contribution is 2.32. The first-order valence-electron chi connectivity index (χ1n) is 4.13. The number of hydrogen-bond donors (Lipinski definition) is 0. The molecule has 1 aromatic rings. The maximum absolute atomic E-state index is 8.66. The largest absolute Gasteiger partial charge is 0.486 e. The SMILES string of the molecule is CC1COc2ccc(C#N)cc2O1. The highest BCUT2D eigenvalue weighted by atomic mass is 16.6. The van der Waals surface area contributed by atoms with Crippen LogP contribution < -0.4 is 9.47 Å². The number of hydrogen-bond acceptors (Lipinski definition) is 3. The van der Waals surface area contributed by atoms with Crippen molar-refractivity contribution in [3.8, 4) is 17.6 Å². The summed E-state index contributed by atoms with van der Waals surface area (Å²) in [7, 11) is 0. The van der Waals surface area contributed by atoms with Crippen molar-refractivity contribution in [2.24, 2.45) is 0 Å². The lowest BCUT2D eigenvalue weighted by Crippen LogP contribution is -2.25. The number of fused-ring (bicyclic) bond motifs is 1. The lowest BCUT2D eigenvalue weighted by Gasteiger charge is -2.23. The number of nitrogens with zero attached hydrogens (tertiary/aromatic N) is 1. The van der Waals surface area contributed by atoms with Gasteiger partial charge in [0.1, 0.15) is 12.7 Å². The summed E-state index contributed by atoms with van der Waals surface area (Å²) in [5, 5.41) is 8.66. The first-order valence-corrected chi connectivity index (χ1v) is 4.13. The van der Waals surface area contributed by atoms with E-state index in [2.05, 4.69) is 6.07 Å². The number of ether oxygens (including phenoxy) is 2. The molecule has 0 saturated heterocycles. The van der Waals surface area contributed by atoms with E-state index in [0.29, 0.717) is 17.9 Å². The highest BCUT2D eigenvalue weighted by molar-refractivity contribution is 5.47. The summed E-state index contributed by atoms with van der Waals surface area (Å²) in [4.78, 5) is 0. The van der Waals surface area contributed by atoms with E-state index in [1.165, 1.54) is 0 Å². The van der Waals surface area contributed by atoms with Gasteiger partial charge in [0.25, 0.3) is 0 Å². The summed E-state index contributed by atoms with van der Waals surface area (Å²) in [5.41, 5.74) is 0.594. The molecule has 1 aliphatic rings. The quantitative estimate of drug-likeness (QED) is 0.602. The molecule has 1 heterocycles. The normalized spacial score (nSPS) is 19.2. The zero-order chi connectivity index (χ0) is 9.26. The zero-order valence-electron chi connectivity index (χ0n) is 7.28. The maximum Gasteiger partial charge on any atom is 0.163 e. The van der Waals surface area contributed by atoms with Gasteiger partial charge in [-0.05, 0) is 19.1 Å². The van der Waals surface area contributed by atoms with Crippen LogP contribution in [0.4, 0.5) is 0 Å². The van der Waals surface area contributed by atoms with Gasteiger partial charge in [-0.25, -0.2) is 0 Å². The van der Waals surface area contributed by atoms with E-state index >= 15 is 0 Å². The summed E-state index contributed by atoms with van der Waals surface area (Å²) in [5.74, 6) is 1.38. The van der Waals surface area contributed by atoms with Crippen LogP contribution in [0.15, 0.2) is 18.2 Å². The van der Waals surface area contributed by atoms with Crippen LogP contribution in [0.25, 0.3) is 0 Å². The Morgan fingerprint density at radius 1 is 1.46 bits per heavy atom. The molecule has 0 spiro atoms. The minimum absolute atomic E-state index is 0.0569. The average molecular weight is 175 g/mol. The van der Waals surface area contributed by atoms with Gasteiger partial charge in [0.2, 0.25) is 0 Å². The molecular formula is C10H9NO2. The Labute approximate surface area is 76.5 Å². The van der Waals surface area contributed by atoms with Crippen LogP contribution in [-0.4, -0.2) is 12.7 Å². The molecule has 3 nitrogen and oxygen atoms in total. The van der Waals surface area contributed by atoms with Gasteiger partial charge in [-0.2, -0.15) is 5.26 Å². The first-order chi connectivity index (χ1) is 6.29. The van der Waals surface area contributed by atoms with E-state index in [4.69, 9.17) is 14.7 Å². The number of nitriles is 1. The van der Waals surface area contributed by atoms with Crippen LogP contribution >= 0.6 is 0 Å². The fraction of sp³-hybridized carbons (Fsp3) is 0.300. The summed E-state index contributed by atoms with van der Waals surface area (Å²) in [6, 6.07) is 7.24. The van der Waals surface area contributed by atoms with Crippen molar-refractivity contribution >= 4 is 0 Å². The topological polar surface area (TPSA) is 42.2 Å². The Morgan fingerprint density at radius 3 is 3.08 bits per heavy atom. The molecule has 0 saturated carbocycles. The fourth-order valence-corrected chi connectivity index (χ4v) is 1.25. The van der Waals surface area contributed by atoms with Gasteiger partial charge >= 0.3 is 0 Å². The van der Waals surface area contributed by atoms with Crippen molar-refractivity contribution in [2.45, 2.75) is 13.0 Å². The average Bonchev–Trinajstić information content (AvgIpc) is 2.16. The highest BCUT2D eigenvalue weighted by Gasteiger charge is 2.16. The minimum atomic E-state index is 0.0569. The minimum Gasteiger partial charge on any atom is -0.486 e.